The van der Waals surface area contributed by atoms with Crippen molar-refractivity contribution in [3.8, 4) is 16.8 Å². The minimum Gasteiger partial charge on any atom is -0.455 e. The van der Waals surface area contributed by atoms with Crippen LogP contribution in [0.5, 0.6) is 0 Å². The first-order valence-corrected chi connectivity index (χ1v) is 25.7. The Bertz CT molecular complexity index is 4070. The van der Waals surface area contributed by atoms with E-state index >= 15 is 4.79 Å². The maximum atomic E-state index is 16.2. The average molecular weight is 948 g/mol. The van der Waals surface area contributed by atoms with Crippen LogP contribution in [-0.2, 0) is 10.8 Å². The van der Waals surface area contributed by atoms with E-state index in [0.717, 1.165) is 89.4 Å². The third-order valence-electron chi connectivity index (χ3n) is 15.7. The molecule has 0 atom stereocenters. The Morgan fingerprint density at radius 2 is 1.14 bits per heavy atom. The summed E-state index contributed by atoms with van der Waals surface area (Å²) >= 11 is 0. The average Bonchev–Trinajstić information content (AvgIpc) is 3.93. The first-order valence-electron chi connectivity index (χ1n) is 25.7. The predicted octanol–water partition coefficient (Wildman–Crippen LogP) is 16.3. The van der Waals surface area contributed by atoms with Gasteiger partial charge in [0.15, 0.2) is 5.78 Å². The molecule has 0 saturated heterocycles. The van der Waals surface area contributed by atoms with E-state index in [1.165, 1.54) is 32.8 Å². The monoisotopic (exact) mass is 947 g/mol. The molecule has 0 N–H and O–H groups in total. The molecular weight excluding hydrogens is 890 g/mol. The van der Waals surface area contributed by atoms with E-state index in [9.17, 15) is 0 Å². The van der Waals surface area contributed by atoms with Gasteiger partial charge in [0.1, 0.15) is 11.2 Å². The fraction of sp³-hybridized carbons (Fsp3) is 0.179. The van der Waals surface area contributed by atoms with Gasteiger partial charge in [-0.1, -0.05) is 172 Å². The maximum absolute atomic E-state index is 16.2. The van der Waals surface area contributed by atoms with Crippen molar-refractivity contribution in [1.82, 2.24) is 4.57 Å². The van der Waals surface area contributed by atoms with Crippen molar-refractivity contribution in [3.63, 3.8) is 0 Å². The molecule has 356 valence electrons. The number of carbonyl (C=O) groups excluding carboxylic acids is 1. The summed E-state index contributed by atoms with van der Waals surface area (Å²) in [7, 11) is 0. The molecule has 3 aliphatic heterocycles. The van der Waals surface area contributed by atoms with Crippen LogP contribution in [0.3, 0.4) is 0 Å². The largest absolute Gasteiger partial charge is 0.455 e. The SMILES string of the molecule is C=C1C2=C3/C=C(/C(C)(C)C)C(=O)c4cc(-c5cccc6c5oc5ccccc56)ccc4N1c1cc(C(C)(C)C)ccc1B2c1cc2c4cc(C(C)(C)C)ccc4n(-c4ccccc4)c2cc1N3c1ccccc1. The Morgan fingerprint density at radius 1 is 0.493 bits per heavy atom. The zero-order valence-corrected chi connectivity index (χ0v) is 43.2. The van der Waals surface area contributed by atoms with Gasteiger partial charge in [-0.2, -0.15) is 0 Å². The molecule has 6 heteroatoms. The van der Waals surface area contributed by atoms with Crippen LogP contribution in [0.25, 0.3) is 60.6 Å². The van der Waals surface area contributed by atoms with Gasteiger partial charge in [0.25, 0.3) is 6.71 Å². The fourth-order valence-corrected chi connectivity index (χ4v) is 12.0. The minimum absolute atomic E-state index is 0.0206. The van der Waals surface area contributed by atoms with E-state index < -0.39 is 5.41 Å². The number of fused-ring (bicyclic) bond motifs is 14. The molecule has 8 aromatic carbocycles. The van der Waals surface area contributed by atoms with Gasteiger partial charge in [0.05, 0.1) is 16.7 Å². The highest BCUT2D eigenvalue weighted by Crippen LogP contribution is 2.51. The highest BCUT2D eigenvalue weighted by Gasteiger charge is 2.47. The van der Waals surface area contributed by atoms with Gasteiger partial charge in [-0.05, 0) is 122 Å². The van der Waals surface area contributed by atoms with Crippen LogP contribution in [-0.4, -0.2) is 17.1 Å². The molecule has 0 spiro atoms. The molecule has 10 aromatic rings. The van der Waals surface area contributed by atoms with Crippen LogP contribution in [0.4, 0.5) is 22.7 Å². The second kappa shape index (κ2) is 15.7. The van der Waals surface area contributed by atoms with Crippen LogP contribution < -0.4 is 20.7 Å². The highest BCUT2D eigenvalue weighted by molar-refractivity contribution is 6.95. The Balaban J connectivity index is 1.15. The number of benzene rings is 8. The molecule has 0 fully saturated rings. The lowest BCUT2D eigenvalue weighted by molar-refractivity contribution is 0.101. The van der Waals surface area contributed by atoms with Gasteiger partial charge in [0.2, 0.25) is 0 Å². The van der Waals surface area contributed by atoms with E-state index in [1.54, 1.807) is 0 Å². The second-order valence-electron chi connectivity index (χ2n) is 23.4. The standard InChI is InChI=1S/C67H58BN3O2/c1-40-62-60-38-52(67(8,9)10)63(72)51-34-41(46-25-19-26-48-47-24-17-18-27-61(47)73-64(46)48)28-32-56(51)69(40)58-36-43(66(5,6)7)29-31-53(58)68(62)54-37-50-49-35-42(65(2,3)4)30-33-55(49)70(44-20-13-11-14-21-44)57(50)39-59(54)71(60)45-22-15-12-16-23-45/h11-39H,1H2,2-10H3/b52-38+. The van der Waals surface area contributed by atoms with E-state index in [0.29, 0.717) is 11.1 Å². The number of rotatable bonds is 3. The van der Waals surface area contributed by atoms with E-state index in [-0.39, 0.29) is 23.3 Å². The number of nitrogens with zero attached hydrogens (tertiary/aromatic N) is 3. The van der Waals surface area contributed by atoms with Gasteiger partial charge >= 0.3 is 0 Å². The number of aromatic nitrogens is 1. The van der Waals surface area contributed by atoms with Crippen LogP contribution in [0.2, 0.25) is 0 Å². The summed E-state index contributed by atoms with van der Waals surface area (Å²) < 4.78 is 9.05. The number of furan rings is 1. The summed E-state index contributed by atoms with van der Waals surface area (Å²) in [6.45, 7) is 25.1. The minimum atomic E-state index is -0.565. The molecular formula is C67H58BN3O2. The van der Waals surface area contributed by atoms with E-state index in [1.807, 2.05) is 12.1 Å². The van der Waals surface area contributed by atoms with Crippen LogP contribution in [0, 0.1) is 5.41 Å². The Hall–Kier alpha value is -8.09. The Labute approximate surface area is 428 Å². The zero-order valence-electron chi connectivity index (χ0n) is 43.2. The summed E-state index contributed by atoms with van der Waals surface area (Å²) in [5.41, 5.74) is 19.1. The lowest BCUT2D eigenvalue weighted by Gasteiger charge is -2.45. The lowest BCUT2D eigenvalue weighted by atomic mass is 9.32. The molecule has 0 aliphatic carbocycles. The lowest BCUT2D eigenvalue weighted by Crippen LogP contribution is -2.56. The molecule has 73 heavy (non-hydrogen) atoms. The molecule has 0 amide bonds. The summed E-state index contributed by atoms with van der Waals surface area (Å²) in [6.07, 6.45) is 2.22. The summed E-state index contributed by atoms with van der Waals surface area (Å²) in [5.74, 6) is -0.0206. The molecule has 0 radical (unpaired) electrons. The van der Waals surface area contributed by atoms with E-state index in [4.69, 9.17) is 11.0 Å². The van der Waals surface area contributed by atoms with Crippen LogP contribution >= 0.6 is 0 Å². The number of hydrogen-bond acceptors (Lipinski definition) is 4. The zero-order chi connectivity index (χ0) is 50.5. The number of allylic oxidation sites excluding steroid dienone is 3. The first kappa shape index (κ1) is 44.8. The van der Waals surface area contributed by atoms with Crippen molar-refractivity contribution in [2.45, 2.75) is 73.1 Å². The van der Waals surface area contributed by atoms with Crippen molar-refractivity contribution in [2.24, 2.45) is 5.41 Å². The van der Waals surface area contributed by atoms with Crippen molar-refractivity contribution in [1.29, 1.82) is 0 Å². The molecule has 0 saturated carbocycles. The Kier molecular flexibility index (Phi) is 9.64. The predicted molar refractivity (Wildman–Crippen MR) is 308 cm³/mol. The van der Waals surface area contributed by atoms with Gasteiger partial charge in [-0.15, -0.1) is 0 Å². The van der Waals surface area contributed by atoms with Gasteiger partial charge in [-0.3, -0.25) is 4.79 Å². The molecule has 3 aliphatic rings. The topological polar surface area (TPSA) is 41.6 Å². The van der Waals surface area contributed by atoms with Crippen molar-refractivity contribution in [2.75, 3.05) is 9.80 Å². The quantitative estimate of drug-likeness (QED) is 0.166. The van der Waals surface area contributed by atoms with E-state index in [2.05, 4.69) is 240 Å². The molecule has 5 nitrogen and oxygen atoms in total. The third-order valence-corrected chi connectivity index (χ3v) is 15.7. The summed E-state index contributed by atoms with van der Waals surface area (Å²) in [4.78, 5) is 21.0. The molecule has 13 rings (SSSR count). The second-order valence-corrected chi connectivity index (χ2v) is 23.4. The van der Waals surface area contributed by atoms with Crippen LogP contribution in [0.15, 0.2) is 209 Å². The molecule has 0 unspecified atom stereocenters. The first-order chi connectivity index (χ1) is 35.0. The number of anilines is 4. The highest BCUT2D eigenvalue weighted by atomic mass is 16.3. The molecule has 5 heterocycles. The normalized spacial score (nSPS) is 15.6. The number of ketones is 1. The van der Waals surface area contributed by atoms with Gasteiger partial charge < -0.3 is 18.8 Å². The van der Waals surface area contributed by atoms with Crippen molar-refractivity contribution >= 4 is 89.9 Å². The Morgan fingerprint density at radius 3 is 1.86 bits per heavy atom. The molecule has 2 bridgehead atoms. The van der Waals surface area contributed by atoms with Gasteiger partial charge in [0, 0.05) is 72.4 Å². The maximum Gasteiger partial charge on any atom is 0.252 e. The third kappa shape index (κ3) is 6.79. The smallest absolute Gasteiger partial charge is 0.252 e. The number of carbonyl (C=O) groups is 1. The number of para-hydroxylation sites is 4. The number of Topliss-reactive ketones (excluding diaryl/α,β-unsaturated/α-hetero) is 1. The van der Waals surface area contributed by atoms with Gasteiger partial charge in [-0.25, -0.2) is 0 Å². The number of hydrogen-bond donors (Lipinski definition) is 0. The van der Waals surface area contributed by atoms with Crippen LogP contribution in [0.1, 0.15) is 83.8 Å². The fourth-order valence-electron chi connectivity index (χ4n) is 12.0. The summed E-state index contributed by atoms with van der Waals surface area (Å²) in [6, 6.07) is 61.3. The molecule has 2 aromatic heterocycles. The van der Waals surface area contributed by atoms with Crippen molar-refractivity contribution < 1.29 is 9.21 Å². The van der Waals surface area contributed by atoms with Crippen molar-refractivity contribution in [3.05, 3.63) is 222 Å². The summed E-state index contributed by atoms with van der Waals surface area (Å²) in [5, 5.41) is 4.53.